The second kappa shape index (κ2) is 4.31. The molecule has 0 amide bonds. The van der Waals surface area contributed by atoms with Crippen molar-refractivity contribution < 1.29 is 19.4 Å². The molecule has 0 aliphatic carbocycles. The molecule has 1 N–H and O–H groups in total. The molecule has 1 heterocycles. The van der Waals surface area contributed by atoms with Gasteiger partial charge in [-0.25, -0.2) is 4.79 Å². The predicted molar refractivity (Wildman–Crippen MR) is 53.3 cm³/mol. The number of ether oxygens (including phenoxy) is 2. The van der Waals surface area contributed by atoms with Crippen molar-refractivity contribution in [2.45, 2.75) is 12.5 Å². The van der Waals surface area contributed by atoms with E-state index in [0.717, 1.165) is 13.0 Å². The minimum Gasteiger partial charge on any atom is -0.491 e. The molecule has 0 saturated carbocycles. The molecule has 4 nitrogen and oxygen atoms in total. The van der Waals surface area contributed by atoms with Crippen LogP contribution in [0.25, 0.3) is 0 Å². The number of carboxylic acids is 1. The van der Waals surface area contributed by atoms with Crippen LogP contribution in [0.2, 0.25) is 0 Å². The number of hydrogen-bond acceptors (Lipinski definition) is 3. The molecule has 0 bridgehead atoms. The zero-order chi connectivity index (χ0) is 10.7. The molecule has 1 aromatic rings. The maximum atomic E-state index is 10.6. The number of aromatic carboxylic acids is 1. The van der Waals surface area contributed by atoms with Crippen molar-refractivity contribution in [3.05, 3.63) is 29.8 Å². The number of benzene rings is 1. The fourth-order valence-electron chi connectivity index (χ4n) is 1.30. The molecule has 2 rings (SSSR count). The molecule has 1 aromatic carbocycles. The molecule has 1 saturated heterocycles. The van der Waals surface area contributed by atoms with Crippen LogP contribution in [0.3, 0.4) is 0 Å². The number of carbonyl (C=O) groups is 1. The maximum Gasteiger partial charge on any atom is 0.335 e. The Labute approximate surface area is 87.4 Å². The summed E-state index contributed by atoms with van der Waals surface area (Å²) in [6.45, 7) is 1.35. The summed E-state index contributed by atoms with van der Waals surface area (Å²) in [6, 6.07) is 6.36. The average Bonchev–Trinajstić information content (AvgIpc) is 2.16. The third-order valence-corrected chi connectivity index (χ3v) is 2.33. The van der Waals surface area contributed by atoms with Crippen LogP contribution in [-0.2, 0) is 4.74 Å². The van der Waals surface area contributed by atoms with Gasteiger partial charge in [-0.3, -0.25) is 0 Å². The highest BCUT2D eigenvalue weighted by Crippen LogP contribution is 2.16. The zero-order valence-corrected chi connectivity index (χ0v) is 8.18. The first-order chi connectivity index (χ1) is 7.25. The quantitative estimate of drug-likeness (QED) is 0.815. The van der Waals surface area contributed by atoms with Gasteiger partial charge in [0, 0.05) is 13.0 Å². The maximum absolute atomic E-state index is 10.6. The molecule has 0 radical (unpaired) electrons. The van der Waals surface area contributed by atoms with Gasteiger partial charge in [0.15, 0.2) is 0 Å². The van der Waals surface area contributed by atoms with E-state index in [1.54, 1.807) is 12.1 Å². The molecule has 1 aliphatic rings. The molecule has 1 aliphatic heterocycles. The monoisotopic (exact) mass is 208 g/mol. The average molecular weight is 208 g/mol. The van der Waals surface area contributed by atoms with E-state index in [4.69, 9.17) is 14.6 Å². The van der Waals surface area contributed by atoms with Crippen molar-refractivity contribution in [2.24, 2.45) is 0 Å². The lowest BCUT2D eigenvalue weighted by atomic mass is 10.2. The van der Waals surface area contributed by atoms with Gasteiger partial charge in [-0.1, -0.05) is 0 Å². The Morgan fingerprint density at radius 1 is 1.47 bits per heavy atom. The van der Waals surface area contributed by atoms with Gasteiger partial charge in [0.05, 0.1) is 11.7 Å². The lowest BCUT2D eigenvalue weighted by molar-refractivity contribution is -0.0720. The minimum absolute atomic E-state index is 0.198. The first-order valence-electron chi connectivity index (χ1n) is 4.83. The van der Waals surface area contributed by atoms with Crippen LogP contribution in [0.15, 0.2) is 24.3 Å². The third-order valence-electron chi connectivity index (χ3n) is 2.33. The Balaban J connectivity index is 1.88. The van der Waals surface area contributed by atoms with E-state index in [1.807, 2.05) is 0 Å². The van der Waals surface area contributed by atoms with Gasteiger partial charge in [-0.2, -0.15) is 0 Å². The Kier molecular flexibility index (Phi) is 2.87. The highest BCUT2D eigenvalue weighted by Gasteiger charge is 2.18. The molecule has 1 atom stereocenters. The van der Waals surface area contributed by atoms with Gasteiger partial charge >= 0.3 is 5.97 Å². The van der Waals surface area contributed by atoms with Crippen LogP contribution in [0.1, 0.15) is 16.8 Å². The van der Waals surface area contributed by atoms with E-state index < -0.39 is 5.97 Å². The fraction of sp³-hybridized carbons (Fsp3) is 0.364. The van der Waals surface area contributed by atoms with E-state index in [-0.39, 0.29) is 11.7 Å². The highest BCUT2D eigenvalue weighted by atomic mass is 16.5. The van der Waals surface area contributed by atoms with E-state index >= 15 is 0 Å². The van der Waals surface area contributed by atoms with E-state index in [9.17, 15) is 4.79 Å². The van der Waals surface area contributed by atoms with Crippen LogP contribution >= 0.6 is 0 Å². The Bertz CT molecular complexity index is 340. The Hall–Kier alpha value is -1.55. The third kappa shape index (κ3) is 2.47. The van der Waals surface area contributed by atoms with Crippen LogP contribution in [0.4, 0.5) is 0 Å². The second-order valence-corrected chi connectivity index (χ2v) is 3.42. The van der Waals surface area contributed by atoms with Crippen LogP contribution in [0, 0.1) is 0 Å². The van der Waals surface area contributed by atoms with Gasteiger partial charge in [0.25, 0.3) is 0 Å². The lowest BCUT2D eigenvalue weighted by Crippen LogP contribution is -2.32. The Morgan fingerprint density at radius 2 is 2.13 bits per heavy atom. The summed E-state index contributed by atoms with van der Waals surface area (Å²) < 4.78 is 10.6. The number of rotatable bonds is 4. The van der Waals surface area contributed by atoms with E-state index in [0.29, 0.717) is 12.4 Å². The zero-order valence-electron chi connectivity index (χ0n) is 8.18. The topological polar surface area (TPSA) is 55.8 Å². The molecule has 0 spiro atoms. The highest BCUT2D eigenvalue weighted by molar-refractivity contribution is 5.87. The van der Waals surface area contributed by atoms with Crippen LogP contribution in [-0.4, -0.2) is 30.4 Å². The van der Waals surface area contributed by atoms with Crippen molar-refractivity contribution in [2.75, 3.05) is 13.2 Å². The largest absolute Gasteiger partial charge is 0.491 e. The van der Waals surface area contributed by atoms with Crippen molar-refractivity contribution >= 4 is 5.97 Å². The van der Waals surface area contributed by atoms with Crippen molar-refractivity contribution in [3.63, 3.8) is 0 Å². The summed E-state index contributed by atoms with van der Waals surface area (Å²) in [5.41, 5.74) is 0.266. The van der Waals surface area contributed by atoms with Crippen molar-refractivity contribution in [1.82, 2.24) is 0 Å². The molecular formula is C11H12O4. The summed E-state index contributed by atoms with van der Waals surface area (Å²) in [5.74, 6) is -0.251. The SMILES string of the molecule is O=C(O)c1ccc(OCC2CCO2)cc1. The fourth-order valence-corrected chi connectivity index (χ4v) is 1.30. The standard InChI is InChI=1S/C11H12O4/c12-11(13)8-1-3-9(4-2-8)15-7-10-5-6-14-10/h1-4,10H,5-7H2,(H,12,13). The summed E-state index contributed by atoms with van der Waals surface area (Å²) >= 11 is 0. The van der Waals surface area contributed by atoms with E-state index in [1.165, 1.54) is 12.1 Å². The van der Waals surface area contributed by atoms with Gasteiger partial charge in [0.1, 0.15) is 12.4 Å². The lowest BCUT2D eigenvalue weighted by Gasteiger charge is -2.26. The molecule has 15 heavy (non-hydrogen) atoms. The smallest absolute Gasteiger partial charge is 0.335 e. The molecule has 0 aromatic heterocycles. The summed E-state index contributed by atoms with van der Waals surface area (Å²) in [7, 11) is 0. The first kappa shape index (κ1) is 9.98. The van der Waals surface area contributed by atoms with Gasteiger partial charge in [0.2, 0.25) is 0 Å². The number of hydrogen-bond donors (Lipinski definition) is 1. The van der Waals surface area contributed by atoms with Crippen LogP contribution in [0.5, 0.6) is 5.75 Å². The summed E-state index contributed by atoms with van der Waals surface area (Å²) in [6.07, 6.45) is 1.23. The molecule has 4 heteroatoms. The summed E-state index contributed by atoms with van der Waals surface area (Å²) in [4.78, 5) is 10.6. The number of carboxylic acid groups (broad SMARTS) is 1. The molecule has 80 valence electrons. The van der Waals surface area contributed by atoms with Crippen molar-refractivity contribution in [3.8, 4) is 5.75 Å². The summed E-state index contributed by atoms with van der Waals surface area (Å²) in [5, 5.41) is 8.68. The van der Waals surface area contributed by atoms with Crippen LogP contribution < -0.4 is 4.74 Å². The first-order valence-corrected chi connectivity index (χ1v) is 4.83. The minimum atomic E-state index is -0.927. The van der Waals surface area contributed by atoms with Crippen molar-refractivity contribution in [1.29, 1.82) is 0 Å². The van der Waals surface area contributed by atoms with E-state index in [2.05, 4.69) is 0 Å². The van der Waals surface area contributed by atoms with Gasteiger partial charge in [-0.15, -0.1) is 0 Å². The normalized spacial score (nSPS) is 19.3. The molecule has 1 unspecified atom stereocenters. The van der Waals surface area contributed by atoms with Gasteiger partial charge < -0.3 is 14.6 Å². The molecular weight excluding hydrogens is 196 g/mol. The Morgan fingerprint density at radius 3 is 2.60 bits per heavy atom. The molecule has 1 fully saturated rings. The second-order valence-electron chi connectivity index (χ2n) is 3.42. The van der Waals surface area contributed by atoms with Gasteiger partial charge in [-0.05, 0) is 24.3 Å². The predicted octanol–water partition coefficient (Wildman–Crippen LogP) is 1.55.